The minimum Gasteiger partial charge on any atom is -0.366 e. The Morgan fingerprint density at radius 2 is 1.93 bits per heavy atom. The number of aromatic amines is 1. The van der Waals surface area contributed by atoms with E-state index in [9.17, 15) is 0 Å². The molecule has 0 saturated heterocycles. The van der Waals surface area contributed by atoms with Crippen LogP contribution in [0.5, 0.6) is 0 Å². The Morgan fingerprint density at radius 1 is 1.07 bits per heavy atom. The third kappa shape index (κ3) is 1.10. The van der Waals surface area contributed by atoms with E-state index in [-0.39, 0.29) is 0 Å². The van der Waals surface area contributed by atoms with E-state index in [1.165, 1.54) is 20.2 Å². The third-order valence-electron chi connectivity index (χ3n) is 2.29. The van der Waals surface area contributed by atoms with Crippen molar-refractivity contribution in [1.82, 2.24) is 4.98 Å². The highest BCUT2D eigenvalue weighted by molar-refractivity contribution is 7.71. The van der Waals surface area contributed by atoms with Crippen LogP contribution < -0.4 is 0 Å². The van der Waals surface area contributed by atoms with E-state index in [4.69, 9.17) is 12.2 Å². The Kier molecular flexibility index (Phi) is 1.69. The standard InChI is InChI=1S/C11H7NS2/c13-7-1-2-8-9-3-4-12-6-11(9)14-10(8)5-7/h1-6,12H. The van der Waals surface area contributed by atoms with Crippen molar-refractivity contribution in [3.63, 3.8) is 0 Å². The minimum absolute atomic E-state index is 0.910. The lowest BCUT2D eigenvalue weighted by Crippen LogP contribution is -1.67. The van der Waals surface area contributed by atoms with Crippen molar-refractivity contribution >= 4 is 43.7 Å². The molecule has 1 aromatic carbocycles. The predicted molar refractivity (Wildman–Crippen MR) is 64.5 cm³/mol. The Hall–Kier alpha value is -1.19. The quantitative estimate of drug-likeness (QED) is 0.560. The summed E-state index contributed by atoms with van der Waals surface area (Å²) < 4.78 is 3.46. The molecule has 68 valence electrons. The van der Waals surface area contributed by atoms with Crippen LogP contribution in [0.3, 0.4) is 0 Å². The zero-order chi connectivity index (χ0) is 9.54. The van der Waals surface area contributed by atoms with Crippen molar-refractivity contribution in [2.24, 2.45) is 0 Å². The molecule has 14 heavy (non-hydrogen) atoms. The molecule has 3 heteroatoms. The number of hydrogen-bond donors (Lipinski definition) is 1. The van der Waals surface area contributed by atoms with E-state index in [0.29, 0.717) is 0 Å². The molecule has 0 saturated carbocycles. The van der Waals surface area contributed by atoms with Crippen LogP contribution in [0.15, 0.2) is 36.7 Å². The smallest absolute Gasteiger partial charge is 0.0515 e. The van der Waals surface area contributed by atoms with Crippen molar-refractivity contribution in [3.05, 3.63) is 41.2 Å². The van der Waals surface area contributed by atoms with Crippen LogP contribution in [0, 0.1) is 4.51 Å². The van der Waals surface area contributed by atoms with E-state index in [1.807, 2.05) is 18.5 Å². The second-order valence-corrected chi connectivity index (χ2v) is 4.74. The molecular weight excluding hydrogens is 210 g/mol. The van der Waals surface area contributed by atoms with E-state index >= 15 is 0 Å². The summed E-state index contributed by atoms with van der Waals surface area (Å²) in [6.07, 6.45) is 3.99. The third-order valence-corrected chi connectivity index (χ3v) is 3.66. The lowest BCUT2D eigenvalue weighted by molar-refractivity contribution is 1.37. The molecule has 0 fully saturated rings. The Bertz CT molecular complexity index is 663. The molecule has 0 aliphatic rings. The number of benzene rings is 1. The number of pyridine rings is 1. The number of rotatable bonds is 0. The average Bonchev–Trinajstić information content (AvgIpc) is 2.54. The SMILES string of the molecule is S=c1ccc2c(c1)sc1c[nH]ccc12. The van der Waals surface area contributed by atoms with Gasteiger partial charge in [0.2, 0.25) is 0 Å². The van der Waals surface area contributed by atoms with Crippen LogP contribution in [0.25, 0.3) is 20.2 Å². The summed E-state index contributed by atoms with van der Waals surface area (Å²) >= 11 is 6.92. The Morgan fingerprint density at radius 3 is 2.86 bits per heavy atom. The molecule has 3 aromatic rings. The molecule has 1 nitrogen and oxygen atoms in total. The summed E-state index contributed by atoms with van der Waals surface area (Å²) in [6.45, 7) is 0. The number of nitrogens with one attached hydrogen (secondary N) is 1. The van der Waals surface area contributed by atoms with Crippen molar-refractivity contribution in [3.8, 4) is 0 Å². The van der Waals surface area contributed by atoms with Gasteiger partial charge in [0.1, 0.15) is 0 Å². The van der Waals surface area contributed by atoms with Crippen LogP contribution in [-0.2, 0) is 0 Å². The number of hydrogen-bond acceptors (Lipinski definition) is 2. The molecule has 2 aromatic heterocycles. The molecule has 0 radical (unpaired) electrons. The van der Waals surface area contributed by atoms with E-state index in [1.54, 1.807) is 11.3 Å². The lowest BCUT2D eigenvalue weighted by atomic mass is 10.2. The van der Waals surface area contributed by atoms with Crippen molar-refractivity contribution < 1.29 is 0 Å². The second kappa shape index (κ2) is 2.90. The summed E-state index contributed by atoms with van der Waals surface area (Å²) in [5.41, 5.74) is 0. The van der Waals surface area contributed by atoms with Gasteiger partial charge in [0.15, 0.2) is 0 Å². The van der Waals surface area contributed by atoms with Gasteiger partial charge in [-0.1, -0.05) is 18.3 Å². The largest absolute Gasteiger partial charge is 0.366 e. The molecule has 0 atom stereocenters. The fourth-order valence-electron chi connectivity index (χ4n) is 1.65. The van der Waals surface area contributed by atoms with Crippen LogP contribution >= 0.6 is 23.6 Å². The molecule has 0 spiro atoms. The highest BCUT2D eigenvalue weighted by Gasteiger charge is 2.02. The van der Waals surface area contributed by atoms with Crippen LogP contribution in [0.4, 0.5) is 0 Å². The molecule has 0 amide bonds. The summed E-state index contributed by atoms with van der Waals surface area (Å²) in [7, 11) is 0. The average molecular weight is 217 g/mol. The van der Waals surface area contributed by atoms with Gasteiger partial charge < -0.3 is 4.98 Å². The molecule has 0 unspecified atom stereocenters. The molecular formula is C11H7NS2. The highest BCUT2D eigenvalue weighted by atomic mass is 32.1. The van der Waals surface area contributed by atoms with Crippen LogP contribution in [-0.4, -0.2) is 4.98 Å². The maximum atomic E-state index is 5.14. The summed E-state index contributed by atoms with van der Waals surface area (Å²) in [5, 5.41) is 2.60. The predicted octanol–water partition coefficient (Wildman–Crippen LogP) is 4.11. The topological polar surface area (TPSA) is 15.8 Å². The normalized spacial score (nSPS) is 11.1. The van der Waals surface area contributed by atoms with Gasteiger partial charge in [0, 0.05) is 32.4 Å². The maximum absolute atomic E-state index is 5.14. The fraction of sp³-hybridized carbons (Fsp3) is 0. The fourth-order valence-corrected chi connectivity index (χ4v) is 3.04. The van der Waals surface area contributed by atoms with Gasteiger partial charge in [-0.25, -0.2) is 0 Å². The number of thiophene rings is 1. The number of H-pyrrole nitrogens is 1. The zero-order valence-corrected chi connectivity index (χ0v) is 8.91. The first kappa shape index (κ1) is 8.15. The van der Waals surface area contributed by atoms with Crippen LogP contribution in [0.2, 0.25) is 0 Å². The molecule has 3 rings (SSSR count). The minimum atomic E-state index is 0.910. The second-order valence-electron chi connectivity index (χ2n) is 3.18. The van der Waals surface area contributed by atoms with E-state index < -0.39 is 0 Å². The highest BCUT2D eigenvalue weighted by Crippen LogP contribution is 2.32. The molecule has 2 heterocycles. The molecule has 1 N–H and O–H groups in total. The first-order chi connectivity index (χ1) is 6.84. The van der Waals surface area contributed by atoms with Gasteiger partial charge in [-0.2, -0.15) is 0 Å². The summed E-state index contributed by atoms with van der Waals surface area (Å²) in [4.78, 5) is 3.10. The summed E-state index contributed by atoms with van der Waals surface area (Å²) in [5.74, 6) is 0. The number of fused-ring (bicyclic) bond motifs is 3. The van der Waals surface area contributed by atoms with Crippen LogP contribution in [0.1, 0.15) is 0 Å². The van der Waals surface area contributed by atoms with Gasteiger partial charge >= 0.3 is 0 Å². The van der Waals surface area contributed by atoms with Gasteiger partial charge in [-0.05, 0) is 18.2 Å². The Balaban J connectivity index is 2.63. The summed E-state index contributed by atoms with van der Waals surface area (Å²) in [6, 6.07) is 8.27. The van der Waals surface area contributed by atoms with E-state index in [0.717, 1.165) is 4.51 Å². The molecule has 0 bridgehead atoms. The van der Waals surface area contributed by atoms with E-state index in [2.05, 4.69) is 23.2 Å². The zero-order valence-electron chi connectivity index (χ0n) is 7.28. The van der Waals surface area contributed by atoms with Crippen molar-refractivity contribution in [2.75, 3.05) is 0 Å². The molecule has 0 aliphatic heterocycles. The van der Waals surface area contributed by atoms with Gasteiger partial charge in [0.05, 0.1) is 4.70 Å². The van der Waals surface area contributed by atoms with Gasteiger partial charge in [0.25, 0.3) is 0 Å². The first-order valence-corrected chi connectivity index (χ1v) is 5.56. The Labute approximate surface area is 90.0 Å². The van der Waals surface area contributed by atoms with Gasteiger partial charge in [-0.3, -0.25) is 0 Å². The lowest BCUT2D eigenvalue weighted by Gasteiger charge is -1.89. The van der Waals surface area contributed by atoms with Crippen molar-refractivity contribution in [1.29, 1.82) is 0 Å². The monoisotopic (exact) mass is 217 g/mol. The van der Waals surface area contributed by atoms with Crippen molar-refractivity contribution in [2.45, 2.75) is 0 Å². The molecule has 0 aliphatic carbocycles. The first-order valence-electron chi connectivity index (χ1n) is 4.34. The maximum Gasteiger partial charge on any atom is 0.0515 e. The number of aromatic nitrogens is 1. The van der Waals surface area contributed by atoms with Gasteiger partial charge in [-0.15, -0.1) is 11.3 Å².